The Kier molecular flexibility index (Phi) is 10.2. The molecule has 2 aromatic heterocycles. The van der Waals surface area contributed by atoms with E-state index in [2.05, 4.69) is 22.0 Å². The summed E-state index contributed by atoms with van der Waals surface area (Å²) in [7, 11) is 1.60. The van der Waals surface area contributed by atoms with Crippen LogP contribution in [0, 0.1) is 18.6 Å². The molecule has 1 unspecified atom stereocenters. The van der Waals surface area contributed by atoms with Crippen molar-refractivity contribution in [2.75, 3.05) is 12.4 Å². The number of hydrogen-bond donors (Lipinski definition) is 2. The Morgan fingerprint density at radius 1 is 1.10 bits per heavy atom. The highest BCUT2D eigenvalue weighted by atomic mass is 19.3. The molecule has 0 bridgehead atoms. The van der Waals surface area contributed by atoms with Crippen molar-refractivity contribution in [2.24, 2.45) is 0 Å². The third kappa shape index (κ3) is 7.91. The summed E-state index contributed by atoms with van der Waals surface area (Å²) in [5, 5.41) is 18.3. The van der Waals surface area contributed by atoms with Gasteiger partial charge in [-0.15, -0.1) is 0 Å². The number of likely N-dealkylation sites (N-methyl/N-ethyl adjacent to an activating group) is 1. The number of hydrogen-bond acceptors (Lipinski definition) is 5. The Morgan fingerprint density at radius 3 is 2.46 bits per heavy atom. The van der Waals surface area contributed by atoms with Crippen LogP contribution in [0.25, 0.3) is 11.4 Å². The van der Waals surface area contributed by atoms with Gasteiger partial charge in [0.15, 0.2) is 0 Å². The molecular formula is C30H32F5N5O. The molecule has 0 saturated carbocycles. The molecule has 2 N–H and O–H groups in total. The largest absolute Gasteiger partial charge is 0.378 e. The predicted octanol–water partition coefficient (Wildman–Crippen LogP) is 7.26. The second-order valence-electron chi connectivity index (χ2n) is 9.61. The lowest BCUT2D eigenvalue weighted by Gasteiger charge is -2.28. The first-order valence-electron chi connectivity index (χ1n) is 12.6. The van der Waals surface area contributed by atoms with Gasteiger partial charge in [-0.05, 0) is 63.6 Å². The van der Waals surface area contributed by atoms with E-state index in [1.54, 1.807) is 53.1 Å². The Hall–Kier alpha value is -4.25. The van der Waals surface area contributed by atoms with Crippen molar-refractivity contribution < 1.29 is 27.1 Å². The fourth-order valence-electron chi connectivity index (χ4n) is 4.04. The molecule has 0 aliphatic carbocycles. The summed E-state index contributed by atoms with van der Waals surface area (Å²) in [5.74, 6) is -2.01. The molecule has 0 aliphatic heterocycles. The topological polar surface area (TPSA) is 66.2 Å². The number of pyridine rings is 1. The molecule has 0 saturated heterocycles. The minimum absolute atomic E-state index is 0.103. The number of nitrogens with zero attached hydrogens (tertiary/aromatic N) is 4. The van der Waals surface area contributed by atoms with Gasteiger partial charge in [0.2, 0.25) is 0 Å². The average Bonchev–Trinajstić information content (AvgIpc) is 3.39. The number of benzene rings is 1. The monoisotopic (exact) mass is 573 g/mol. The van der Waals surface area contributed by atoms with Gasteiger partial charge in [0.05, 0.1) is 23.8 Å². The first kappa shape index (κ1) is 31.3. The van der Waals surface area contributed by atoms with E-state index in [0.29, 0.717) is 22.6 Å². The molecule has 1 aromatic carbocycles. The third-order valence-corrected chi connectivity index (χ3v) is 6.50. The fourth-order valence-corrected chi connectivity index (χ4v) is 4.04. The first-order valence-corrected chi connectivity index (χ1v) is 12.6. The van der Waals surface area contributed by atoms with E-state index in [9.17, 15) is 27.1 Å². The standard InChI is InChI=1S/C30H32F5N5O/c1-17(20(4)38-26-9-8-23(32)12-25(26)29(34)35)7-10-27(39(6)30(41)18(2)11-19(3)31)22-14-37-40(16-22)28-13-24(33)15-36-21(28)5/h7-16,20,29-30,38,41H,3H2,1-2,4-6H3/b17-7-,18-11+,27-10-/t20-,30?/m1/s1. The minimum atomic E-state index is -2.86. The number of aromatic nitrogens is 3. The number of aryl methyl sites for hydroxylation is 1. The molecule has 0 amide bonds. The normalized spacial score (nSPS) is 14.3. The zero-order chi connectivity index (χ0) is 30.4. The first-order chi connectivity index (χ1) is 19.3. The number of aliphatic hydroxyl groups excluding tert-OH is 1. The minimum Gasteiger partial charge on any atom is -0.378 e. The summed E-state index contributed by atoms with van der Waals surface area (Å²) in [6.45, 7) is 10.00. The molecule has 0 spiro atoms. The fraction of sp³-hybridized carbons (Fsp3) is 0.267. The zero-order valence-corrected chi connectivity index (χ0v) is 23.3. The van der Waals surface area contributed by atoms with Crippen molar-refractivity contribution in [1.82, 2.24) is 19.7 Å². The number of nitrogens with one attached hydrogen (secondary N) is 1. The summed E-state index contributed by atoms with van der Waals surface area (Å²) in [5.41, 5.74) is 2.62. The molecule has 218 valence electrons. The van der Waals surface area contributed by atoms with Gasteiger partial charge in [0.25, 0.3) is 6.43 Å². The number of allylic oxidation sites excluding steroid dienone is 4. The van der Waals surface area contributed by atoms with Crippen LogP contribution in [0.4, 0.5) is 27.6 Å². The predicted molar refractivity (Wildman–Crippen MR) is 150 cm³/mol. The van der Waals surface area contributed by atoms with E-state index in [1.807, 2.05) is 0 Å². The van der Waals surface area contributed by atoms with Crippen molar-refractivity contribution in [1.29, 1.82) is 0 Å². The van der Waals surface area contributed by atoms with Crippen molar-refractivity contribution >= 4 is 11.4 Å². The van der Waals surface area contributed by atoms with E-state index in [-0.39, 0.29) is 11.3 Å². The van der Waals surface area contributed by atoms with Gasteiger partial charge < -0.3 is 15.3 Å². The molecule has 3 rings (SSSR count). The SMILES string of the molecule is C=C(F)/C=C(\C)C(O)N(C)/C(=C\C=C(\C)[C@@H](C)Nc1ccc(F)cc1C(F)F)c1cnn(-c2cc(F)cnc2C)c1. The molecule has 6 nitrogen and oxygen atoms in total. The smallest absolute Gasteiger partial charge is 0.265 e. The van der Waals surface area contributed by atoms with Crippen molar-refractivity contribution in [3.05, 3.63) is 113 Å². The van der Waals surface area contributed by atoms with Gasteiger partial charge in [-0.25, -0.2) is 26.6 Å². The Labute approximate surface area is 235 Å². The van der Waals surface area contributed by atoms with Gasteiger partial charge in [0.1, 0.15) is 23.7 Å². The molecular weight excluding hydrogens is 541 g/mol. The maximum Gasteiger partial charge on any atom is 0.265 e. The highest BCUT2D eigenvalue weighted by Gasteiger charge is 2.20. The van der Waals surface area contributed by atoms with Crippen LogP contribution < -0.4 is 5.32 Å². The number of rotatable bonds is 11. The molecule has 0 fully saturated rings. The second kappa shape index (κ2) is 13.4. The number of halogens is 5. The third-order valence-electron chi connectivity index (χ3n) is 6.50. The van der Waals surface area contributed by atoms with Crippen molar-refractivity contribution in [3.63, 3.8) is 0 Å². The second-order valence-corrected chi connectivity index (χ2v) is 9.61. The lowest BCUT2D eigenvalue weighted by Crippen LogP contribution is -2.31. The zero-order valence-electron chi connectivity index (χ0n) is 23.3. The van der Waals surface area contributed by atoms with Crippen LogP contribution in [0.5, 0.6) is 0 Å². The summed E-state index contributed by atoms with van der Waals surface area (Å²) in [6.07, 6.45) is 4.66. The van der Waals surface area contributed by atoms with E-state index in [1.165, 1.54) is 27.9 Å². The molecule has 2 atom stereocenters. The quantitative estimate of drug-likeness (QED) is 0.144. The van der Waals surface area contributed by atoms with Crippen LogP contribution in [0.2, 0.25) is 0 Å². The summed E-state index contributed by atoms with van der Waals surface area (Å²) in [4.78, 5) is 5.51. The van der Waals surface area contributed by atoms with Crippen molar-refractivity contribution in [2.45, 2.75) is 46.4 Å². The van der Waals surface area contributed by atoms with Crippen LogP contribution in [0.3, 0.4) is 0 Å². The molecule has 41 heavy (non-hydrogen) atoms. The van der Waals surface area contributed by atoms with Gasteiger partial charge in [-0.3, -0.25) is 4.98 Å². The van der Waals surface area contributed by atoms with E-state index in [4.69, 9.17) is 0 Å². The van der Waals surface area contributed by atoms with Crippen LogP contribution in [0.15, 0.2) is 84.6 Å². The molecule has 0 radical (unpaired) electrons. The maximum atomic E-state index is 13.9. The maximum absolute atomic E-state index is 13.9. The average molecular weight is 574 g/mol. The Morgan fingerprint density at radius 2 is 1.80 bits per heavy atom. The van der Waals surface area contributed by atoms with Crippen LogP contribution >= 0.6 is 0 Å². The highest BCUT2D eigenvalue weighted by molar-refractivity contribution is 5.66. The summed E-state index contributed by atoms with van der Waals surface area (Å²) < 4.78 is 69.2. The Balaban J connectivity index is 2.01. The number of anilines is 1. The van der Waals surface area contributed by atoms with Crippen LogP contribution in [-0.2, 0) is 0 Å². The van der Waals surface area contributed by atoms with Crippen LogP contribution in [0.1, 0.15) is 44.0 Å². The summed E-state index contributed by atoms with van der Waals surface area (Å²) >= 11 is 0. The molecule has 2 heterocycles. The van der Waals surface area contributed by atoms with Gasteiger partial charge in [0, 0.05) is 47.9 Å². The van der Waals surface area contributed by atoms with Gasteiger partial charge in [-0.1, -0.05) is 18.2 Å². The van der Waals surface area contributed by atoms with E-state index in [0.717, 1.165) is 30.0 Å². The van der Waals surface area contributed by atoms with Crippen molar-refractivity contribution in [3.8, 4) is 5.69 Å². The lowest BCUT2D eigenvalue weighted by atomic mass is 10.1. The highest BCUT2D eigenvalue weighted by Crippen LogP contribution is 2.29. The number of aliphatic hydroxyl groups is 1. The molecule has 11 heteroatoms. The molecule has 0 aliphatic rings. The van der Waals surface area contributed by atoms with Crippen LogP contribution in [-0.4, -0.2) is 44.1 Å². The van der Waals surface area contributed by atoms with E-state index < -0.39 is 41.7 Å². The summed E-state index contributed by atoms with van der Waals surface area (Å²) in [6, 6.07) is 4.01. The van der Waals surface area contributed by atoms with Gasteiger partial charge >= 0.3 is 0 Å². The van der Waals surface area contributed by atoms with E-state index >= 15 is 0 Å². The lowest BCUT2D eigenvalue weighted by molar-refractivity contribution is 0.0960. The number of alkyl halides is 2. The Bertz CT molecular complexity index is 1490. The van der Waals surface area contributed by atoms with Gasteiger partial charge in [-0.2, -0.15) is 5.10 Å². The molecule has 3 aromatic rings.